The molecule has 2 atom stereocenters. The summed E-state index contributed by atoms with van der Waals surface area (Å²) in [6.07, 6.45) is 2.80. The van der Waals surface area contributed by atoms with Crippen molar-refractivity contribution in [3.05, 3.63) is 35.9 Å². The van der Waals surface area contributed by atoms with Gasteiger partial charge >= 0.3 is 0 Å². The van der Waals surface area contributed by atoms with Gasteiger partial charge in [0.25, 0.3) is 0 Å². The van der Waals surface area contributed by atoms with Crippen molar-refractivity contribution in [3.8, 4) is 0 Å². The second-order valence-corrected chi connectivity index (χ2v) is 5.86. The zero-order valence-electron chi connectivity index (χ0n) is 12.6. The van der Waals surface area contributed by atoms with Crippen LogP contribution in [0.5, 0.6) is 0 Å². The number of nitrogens with zero attached hydrogens (tertiary/aromatic N) is 1. The molecule has 1 saturated heterocycles. The monoisotopic (exact) mass is 274 g/mol. The van der Waals surface area contributed by atoms with Gasteiger partial charge in [-0.15, -0.1) is 0 Å². The fourth-order valence-electron chi connectivity index (χ4n) is 3.18. The van der Waals surface area contributed by atoms with Gasteiger partial charge in [-0.2, -0.15) is 0 Å². The van der Waals surface area contributed by atoms with Crippen molar-refractivity contribution in [2.24, 2.45) is 11.7 Å². The first-order valence-electron chi connectivity index (χ1n) is 7.75. The van der Waals surface area contributed by atoms with Crippen LogP contribution in [0.15, 0.2) is 30.3 Å². The van der Waals surface area contributed by atoms with Crippen LogP contribution < -0.4 is 5.73 Å². The molecule has 0 aliphatic carbocycles. The van der Waals surface area contributed by atoms with Gasteiger partial charge in [0.15, 0.2) is 0 Å². The first-order chi connectivity index (χ1) is 9.65. The lowest BCUT2D eigenvalue weighted by atomic mass is 9.87. The molecule has 2 rings (SSSR count). The van der Waals surface area contributed by atoms with Crippen LogP contribution in [0.2, 0.25) is 0 Å². The Morgan fingerprint density at radius 1 is 1.25 bits per heavy atom. The van der Waals surface area contributed by atoms with E-state index < -0.39 is 0 Å². The van der Waals surface area contributed by atoms with Gasteiger partial charge in [-0.25, -0.2) is 0 Å². The summed E-state index contributed by atoms with van der Waals surface area (Å²) in [5, 5.41) is 0. The number of hydrogen-bond donors (Lipinski definition) is 1. The molecule has 0 bridgehead atoms. The summed E-state index contributed by atoms with van der Waals surface area (Å²) >= 11 is 0. The highest BCUT2D eigenvalue weighted by molar-refractivity contribution is 5.79. The summed E-state index contributed by atoms with van der Waals surface area (Å²) in [4.78, 5) is 14.5. The first kappa shape index (κ1) is 15.0. The number of likely N-dealkylation sites (tertiary alicyclic amines) is 1. The lowest BCUT2D eigenvalue weighted by molar-refractivity contribution is -0.137. The van der Waals surface area contributed by atoms with Gasteiger partial charge in [-0.3, -0.25) is 4.79 Å². The minimum absolute atomic E-state index is 0.0901. The van der Waals surface area contributed by atoms with E-state index in [9.17, 15) is 4.79 Å². The van der Waals surface area contributed by atoms with Crippen LogP contribution in [-0.4, -0.2) is 29.9 Å². The van der Waals surface area contributed by atoms with Crippen molar-refractivity contribution < 1.29 is 4.79 Å². The zero-order valence-corrected chi connectivity index (χ0v) is 12.6. The van der Waals surface area contributed by atoms with Gasteiger partial charge in [0.2, 0.25) is 5.91 Å². The van der Waals surface area contributed by atoms with Gasteiger partial charge in [0.1, 0.15) is 0 Å². The molecule has 0 aromatic heterocycles. The summed E-state index contributed by atoms with van der Waals surface area (Å²) in [5.74, 6) is 0.807. The number of nitrogens with two attached hydrogens (primary N) is 1. The molecule has 3 nitrogen and oxygen atoms in total. The van der Waals surface area contributed by atoms with E-state index in [1.807, 2.05) is 11.0 Å². The van der Waals surface area contributed by atoms with Crippen LogP contribution in [0.25, 0.3) is 0 Å². The summed E-state index contributed by atoms with van der Waals surface area (Å²) in [6, 6.07) is 10.5. The largest absolute Gasteiger partial charge is 0.340 e. The van der Waals surface area contributed by atoms with Gasteiger partial charge in [-0.05, 0) is 24.8 Å². The molecule has 110 valence electrons. The molecule has 1 aromatic rings. The third kappa shape index (κ3) is 3.40. The topological polar surface area (TPSA) is 46.3 Å². The Kier molecular flexibility index (Phi) is 5.18. The summed E-state index contributed by atoms with van der Waals surface area (Å²) in [7, 11) is 0. The molecule has 1 fully saturated rings. The van der Waals surface area contributed by atoms with Crippen LogP contribution in [0.4, 0.5) is 0 Å². The maximum atomic E-state index is 12.6. The van der Waals surface area contributed by atoms with Crippen molar-refractivity contribution in [1.82, 2.24) is 4.90 Å². The fourth-order valence-corrected chi connectivity index (χ4v) is 3.18. The highest BCUT2D eigenvalue weighted by Gasteiger charge is 2.31. The van der Waals surface area contributed by atoms with E-state index in [0.717, 1.165) is 25.8 Å². The molecule has 1 aromatic carbocycles. The molecular formula is C17H26N2O. The van der Waals surface area contributed by atoms with E-state index in [2.05, 4.69) is 38.1 Å². The number of piperidine rings is 1. The number of rotatable bonds is 4. The van der Waals surface area contributed by atoms with Gasteiger partial charge in [0, 0.05) is 31.0 Å². The van der Waals surface area contributed by atoms with Crippen LogP contribution in [0.3, 0.4) is 0 Å². The van der Waals surface area contributed by atoms with E-state index in [-0.39, 0.29) is 17.9 Å². The smallest absolute Gasteiger partial charge is 0.225 e. The maximum absolute atomic E-state index is 12.6. The Labute approximate surface area is 122 Å². The van der Waals surface area contributed by atoms with Crippen molar-refractivity contribution in [2.75, 3.05) is 13.1 Å². The molecule has 1 amide bonds. The Morgan fingerprint density at radius 2 is 1.90 bits per heavy atom. The van der Waals surface area contributed by atoms with E-state index >= 15 is 0 Å². The number of benzene rings is 1. The predicted octanol–water partition coefficient (Wildman–Crippen LogP) is 2.77. The first-order valence-corrected chi connectivity index (χ1v) is 7.75. The quantitative estimate of drug-likeness (QED) is 0.917. The lowest BCUT2D eigenvalue weighted by Gasteiger charge is -2.38. The van der Waals surface area contributed by atoms with Crippen molar-refractivity contribution in [3.63, 3.8) is 0 Å². The second kappa shape index (κ2) is 6.89. The van der Waals surface area contributed by atoms with Crippen LogP contribution in [0, 0.1) is 5.92 Å². The van der Waals surface area contributed by atoms with Crippen LogP contribution in [0.1, 0.15) is 44.6 Å². The Hall–Kier alpha value is -1.35. The molecule has 0 radical (unpaired) electrons. The number of hydrogen-bond acceptors (Lipinski definition) is 2. The average molecular weight is 274 g/mol. The Balaban J connectivity index is 2.10. The van der Waals surface area contributed by atoms with E-state index in [1.165, 1.54) is 5.56 Å². The number of carbonyl (C=O) groups excluding carboxylic acids is 1. The van der Waals surface area contributed by atoms with Gasteiger partial charge in [-0.1, -0.05) is 44.2 Å². The van der Waals surface area contributed by atoms with E-state index in [4.69, 9.17) is 5.73 Å². The summed E-state index contributed by atoms with van der Waals surface area (Å²) < 4.78 is 0. The van der Waals surface area contributed by atoms with Crippen molar-refractivity contribution in [2.45, 2.75) is 45.1 Å². The van der Waals surface area contributed by atoms with Crippen LogP contribution in [-0.2, 0) is 4.79 Å². The average Bonchev–Trinajstić information content (AvgIpc) is 2.48. The third-order valence-electron chi connectivity index (χ3n) is 4.40. The second-order valence-electron chi connectivity index (χ2n) is 5.86. The van der Waals surface area contributed by atoms with Crippen molar-refractivity contribution in [1.29, 1.82) is 0 Å². The molecule has 0 saturated carbocycles. The number of carbonyl (C=O) groups is 1. The Morgan fingerprint density at radius 3 is 2.50 bits per heavy atom. The molecule has 2 unspecified atom stereocenters. The molecule has 0 spiro atoms. The summed E-state index contributed by atoms with van der Waals surface area (Å²) in [5.41, 5.74) is 7.48. The van der Waals surface area contributed by atoms with Crippen LogP contribution >= 0.6 is 0 Å². The minimum atomic E-state index is 0.0901. The lowest BCUT2D eigenvalue weighted by Crippen LogP contribution is -2.50. The normalized spacial score (nSPS) is 23.1. The van der Waals surface area contributed by atoms with Gasteiger partial charge < -0.3 is 10.6 Å². The van der Waals surface area contributed by atoms with E-state index in [1.54, 1.807) is 0 Å². The molecule has 1 aliphatic heterocycles. The predicted molar refractivity (Wildman–Crippen MR) is 82.4 cm³/mol. The highest BCUT2D eigenvalue weighted by atomic mass is 16.2. The molecule has 1 aliphatic rings. The molecule has 20 heavy (non-hydrogen) atoms. The molecule has 2 N–H and O–H groups in total. The minimum Gasteiger partial charge on any atom is -0.340 e. The third-order valence-corrected chi connectivity index (χ3v) is 4.40. The molecular weight excluding hydrogens is 248 g/mol. The van der Waals surface area contributed by atoms with E-state index in [0.29, 0.717) is 12.5 Å². The highest BCUT2D eigenvalue weighted by Crippen LogP contribution is 2.27. The number of amides is 1. The summed E-state index contributed by atoms with van der Waals surface area (Å²) in [6.45, 7) is 5.70. The maximum Gasteiger partial charge on any atom is 0.225 e. The van der Waals surface area contributed by atoms with Gasteiger partial charge in [0.05, 0.1) is 0 Å². The SMILES string of the molecule is CCC(CC)C(=O)N1CC(N)CC(c2ccccc2)C1. The van der Waals surface area contributed by atoms with Crippen molar-refractivity contribution >= 4 is 5.91 Å². The fraction of sp³-hybridized carbons (Fsp3) is 0.588. The zero-order chi connectivity index (χ0) is 14.5. The Bertz CT molecular complexity index is 428. The standard InChI is InChI=1S/C17H26N2O/c1-3-13(4-2)17(20)19-11-15(10-16(18)12-19)14-8-6-5-7-9-14/h5-9,13,15-16H,3-4,10-12,18H2,1-2H3. The molecule has 1 heterocycles. The molecule has 3 heteroatoms.